The van der Waals surface area contributed by atoms with Gasteiger partial charge in [0.1, 0.15) is 0 Å². The molecule has 6 nitrogen and oxygen atoms in total. The van der Waals surface area contributed by atoms with Crippen molar-refractivity contribution in [3.63, 3.8) is 0 Å². The van der Waals surface area contributed by atoms with E-state index in [2.05, 4.69) is 5.32 Å². The number of carbonyl (C=O) groups excluding carboxylic acids is 1. The van der Waals surface area contributed by atoms with Crippen molar-refractivity contribution in [1.29, 1.82) is 0 Å². The first-order chi connectivity index (χ1) is 8.81. The molecule has 0 bridgehead atoms. The zero-order chi connectivity index (χ0) is 14.6. The van der Waals surface area contributed by atoms with Crippen LogP contribution in [0.1, 0.15) is 17.3 Å². The van der Waals surface area contributed by atoms with Crippen LogP contribution in [-0.4, -0.2) is 46.8 Å². The highest BCUT2D eigenvalue weighted by molar-refractivity contribution is 6.31. The van der Waals surface area contributed by atoms with Gasteiger partial charge in [0.2, 0.25) is 0 Å². The van der Waals surface area contributed by atoms with Gasteiger partial charge in [0.05, 0.1) is 17.4 Å². The molecule has 0 spiro atoms. The van der Waals surface area contributed by atoms with E-state index in [1.165, 1.54) is 30.1 Å². The summed E-state index contributed by atoms with van der Waals surface area (Å²) in [4.78, 5) is 24.1. The van der Waals surface area contributed by atoms with Gasteiger partial charge in [-0.25, -0.2) is 9.59 Å². The Kier molecular flexibility index (Phi) is 5.14. The van der Waals surface area contributed by atoms with Crippen LogP contribution < -0.4 is 5.32 Å². The highest BCUT2D eigenvalue weighted by atomic mass is 35.5. The van der Waals surface area contributed by atoms with Crippen LogP contribution in [0.5, 0.6) is 0 Å². The van der Waals surface area contributed by atoms with Crippen molar-refractivity contribution < 1.29 is 19.8 Å². The molecule has 19 heavy (non-hydrogen) atoms. The van der Waals surface area contributed by atoms with E-state index >= 15 is 0 Å². The zero-order valence-corrected chi connectivity index (χ0v) is 11.3. The maximum absolute atomic E-state index is 11.8. The number of benzene rings is 1. The predicted molar refractivity (Wildman–Crippen MR) is 71.7 cm³/mol. The van der Waals surface area contributed by atoms with Crippen molar-refractivity contribution in [2.75, 3.05) is 18.9 Å². The number of carboxylic acids is 1. The lowest BCUT2D eigenvalue weighted by Gasteiger charge is -2.20. The Bertz CT molecular complexity index is 491. The van der Waals surface area contributed by atoms with Gasteiger partial charge in [0, 0.05) is 18.6 Å². The number of likely N-dealkylation sites (N-methyl/N-ethyl adjacent to an activating group) is 1. The van der Waals surface area contributed by atoms with Gasteiger partial charge in [-0.2, -0.15) is 0 Å². The van der Waals surface area contributed by atoms with Gasteiger partial charge in [0.25, 0.3) is 0 Å². The molecule has 1 rings (SSSR count). The first-order valence-electron chi connectivity index (χ1n) is 5.54. The van der Waals surface area contributed by atoms with E-state index in [9.17, 15) is 14.7 Å². The topological polar surface area (TPSA) is 89.9 Å². The molecule has 7 heteroatoms. The molecular formula is C12H15ClN2O4. The number of nitrogens with zero attached hydrogens (tertiary/aromatic N) is 1. The Morgan fingerprint density at radius 2 is 2.11 bits per heavy atom. The molecule has 0 saturated carbocycles. The molecule has 1 unspecified atom stereocenters. The molecule has 104 valence electrons. The lowest BCUT2D eigenvalue weighted by molar-refractivity contribution is 0.0698. The van der Waals surface area contributed by atoms with Crippen LogP contribution in [0.2, 0.25) is 5.02 Å². The maximum Gasteiger partial charge on any atom is 0.337 e. The molecule has 0 aliphatic heterocycles. The quantitative estimate of drug-likeness (QED) is 0.788. The van der Waals surface area contributed by atoms with Crippen molar-refractivity contribution >= 4 is 29.3 Å². The predicted octanol–water partition coefficient (Wildman–Crippen LogP) is 1.88. The Morgan fingerprint density at radius 1 is 1.47 bits per heavy atom. The second-order valence-corrected chi connectivity index (χ2v) is 4.59. The number of aromatic carboxylic acids is 1. The van der Waals surface area contributed by atoms with E-state index in [0.29, 0.717) is 0 Å². The number of rotatable bonds is 4. The van der Waals surface area contributed by atoms with Crippen LogP contribution >= 0.6 is 11.6 Å². The van der Waals surface area contributed by atoms with E-state index in [-0.39, 0.29) is 22.8 Å². The first kappa shape index (κ1) is 15.3. The number of amides is 2. The highest BCUT2D eigenvalue weighted by Crippen LogP contribution is 2.21. The lowest BCUT2D eigenvalue weighted by Crippen LogP contribution is -2.36. The summed E-state index contributed by atoms with van der Waals surface area (Å²) < 4.78 is 0. The number of urea groups is 1. The minimum Gasteiger partial charge on any atom is -0.478 e. The first-order valence-corrected chi connectivity index (χ1v) is 5.92. The summed E-state index contributed by atoms with van der Waals surface area (Å²) in [6, 6.07) is 3.65. The van der Waals surface area contributed by atoms with Gasteiger partial charge in [-0.3, -0.25) is 0 Å². The molecule has 0 fully saturated rings. The second-order valence-electron chi connectivity index (χ2n) is 4.15. The van der Waals surface area contributed by atoms with Crippen LogP contribution in [-0.2, 0) is 0 Å². The average Bonchev–Trinajstić information content (AvgIpc) is 2.30. The number of aliphatic hydroxyl groups is 1. The van der Waals surface area contributed by atoms with Crippen molar-refractivity contribution in [2.24, 2.45) is 0 Å². The van der Waals surface area contributed by atoms with Gasteiger partial charge in [0.15, 0.2) is 0 Å². The van der Waals surface area contributed by atoms with Gasteiger partial charge >= 0.3 is 12.0 Å². The summed E-state index contributed by atoms with van der Waals surface area (Å²) in [5, 5.41) is 20.9. The number of hydrogen-bond acceptors (Lipinski definition) is 3. The summed E-state index contributed by atoms with van der Waals surface area (Å²) in [6.07, 6.45) is -0.667. The Balaban J connectivity index is 2.87. The summed E-state index contributed by atoms with van der Waals surface area (Å²) in [5.41, 5.74) is 0.0608. The molecule has 1 aromatic carbocycles. The monoisotopic (exact) mass is 286 g/mol. The van der Waals surface area contributed by atoms with E-state index in [4.69, 9.17) is 16.7 Å². The fraction of sp³-hybridized carbons (Fsp3) is 0.333. The number of carbonyl (C=O) groups is 2. The molecule has 1 atom stereocenters. The van der Waals surface area contributed by atoms with E-state index in [1.807, 2.05) is 0 Å². The van der Waals surface area contributed by atoms with Crippen molar-refractivity contribution in [2.45, 2.75) is 13.0 Å². The van der Waals surface area contributed by atoms with Gasteiger partial charge in [-0.05, 0) is 25.1 Å². The molecule has 3 N–H and O–H groups in total. The van der Waals surface area contributed by atoms with Crippen LogP contribution in [0.25, 0.3) is 0 Å². The number of halogens is 1. The fourth-order valence-corrected chi connectivity index (χ4v) is 1.66. The summed E-state index contributed by atoms with van der Waals surface area (Å²) >= 11 is 5.71. The maximum atomic E-state index is 11.8. The molecule has 0 saturated heterocycles. The number of carboxylic acid groups (broad SMARTS) is 1. The molecule has 2 amide bonds. The molecule has 0 aliphatic rings. The number of nitrogens with one attached hydrogen (secondary N) is 1. The molecule has 0 heterocycles. The third-order valence-corrected chi connectivity index (χ3v) is 2.57. The Labute approximate surface area is 115 Å². The Hall–Kier alpha value is -1.79. The van der Waals surface area contributed by atoms with Crippen LogP contribution in [0.3, 0.4) is 0 Å². The molecular weight excluding hydrogens is 272 g/mol. The molecule has 1 aromatic rings. The molecule has 0 aromatic heterocycles. The Morgan fingerprint density at radius 3 is 2.63 bits per heavy atom. The van der Waals surface area contributed by atoms with E-state index in [0.717, 1.165) is 0 Å². The van der Waals surface area contributed by atoms with Crippen LogP contribution in [0, 0.1) is 0 Å². The van der Waals surface area contributed by atoms with Crippen molar-refractivity contribution in [3.8, 4) is 0 Å². The number of aliphatic hydroxyl groups excluding tert-OH is 1. The molecule has 0 radical (unpaired) electrons. The third-order valence-electron chi connectivity index (χ3n) is 2.34. The van der Waals surface area contributed by atoms with Crippen LogP contribution in [0.4, 0.5) is 10.5 Å². The van der Waals surface area contributed by atoms with Crippen molar-refractivity contribution in [1.82, 2.24) is 4.90 Å². The number of hydrogen-bond donors (Lipinski definition) is 3. The lowest BCUT2D eigenvalue weighted by atomic mass is 10.2. The average molecular weight is 287 g/mol. The summed E-state index contributed by atoms with van der Waals surface area (Å²) in [6.45, 7) is 1.69. The standard InChI is InChI=1S/C12H15ClN2O4/c1-7(16)6-15(2)12(19)14-10-4-3-8(13)5-9(10)11(17)18/h3-5,7,16H,6H2,1-2H3,(H,14,19)(H,17,18). The normalized spacial score (nSPS) is 11.8. The highest BCUT2D eigenvalue weighted by Gasteiger charge is 2.16. The van der Waals surface area contributed by atoms with Gasteiger partial charge in [-0.1, -0.05) is 11.6 Å². The minimum absolute atomic E-state index is 0.0914. The number of anilines is 1. The van der Waals surface area contributed by atoms with Gasteiger partial charge < -0.3 is 20.4 Å². The molecule has 0 aliphatic carbocycles. The SMILES string of the molecule is CC(O)CN(C)C(=O)Nc1ccc(Cl)cc1C(=O)O. The van der Waals surface area contributed by atoms with E-state index in [1.54, 1.807) is 6.92 Å². The van der Waals surface area contributed by atoms with Crippen molar-refractivity contribution in [3.05, 3.63) is 28.8 Å². The second kappa shape index (κ2) is 6.40. The fourth-order valence-electron chi connectivity index (χ4n) is 1.49. The smallest absolute Gasteiger partial charge is 0.337 e. The summed E-state index contributed by atoms with van der Waals surface area (Å²) in [5.74, 6) is -1.18. The zero-order valence-electron chi connectivity index (χ0n) is 10.6. The summed E-state index contributed by atoms with van der Waals surface area (Å²) in [7, 11) is 1.50. The van der Waals surface area contributed by atoms with Crippen LogP contribution in [0.15, 0.2) is 18.2 Å². The largest absolute Gasteiger partial charge is 0.478 e. The minimum atomic E-state index is -1.18. The third kappa shape index (κ3) is 4.42. The van der Waals surface area contributed by atoms with Gasteiger partial charge in [-0.15, -0.1) is 0 Å². The van der Waals surface area contributed by atoms with E-state index < -0.39 is 18.1 Å².